The fraction of sp³-hybridized carbons (Fsp3) is 0.444. The molecule has 0 unspecified atom stereocenters. The molecule has 0 saturated carbocycles. The number of aromatic nitrogens is 1. The Kier molecular flexibility index (Phi) is 4.86. The van der Waals surface area contributed by atoms with Gasteiger partial charge >= 0.3 is 0 Å². The summed E-state index contributed by atoms with van der Waals surface area (Å²) in [6.45, 7) is 0.338. The van der Waals surface area contributed by atoms with E-state index in [0.29, 0.717) is 12.4 Å². The molecule has 0 aromatic carbocycles. The van der Waals surface area contributed by atoms with Crippen LogP contribution < -0.4 is 4.74 Å². The lowest BCUT2D eigenvalue weighted by atomic mass is 10.5. The molecule has 0 N–H and O–H groups in total. The van der Waals surface area contributed by atoms with Crippen LogP contribution in [0.1, 0.15) is 0 Å². The van der Waals surface area contributed by atoms with E-state index in [4.69, 9.17) is 14.2 Å². The molecule has 1 aromatic rings. The van der Waals surface area contributed by atoms with Crippen LogP contribution in [0.5, 0.6) is 5.75 Å². The molecule has 0 amide bonds. The van der Waals surface area contributed by atoms with Crippen molar-refractivity contribution in [1.29, 1.82) is 0 Å². The van der Waals surface area contributed by atoms with Crippen LogP contribution in [0.4, 0.5) is 0 Å². The van der Waals surface area contributed by atoms with Crippen molar-refractivity contribution in [1.82, 2.24) is 4.98 Å². The fourth-order valence-corrected chi connectivity index (χ4v) is 1.21. The second kappa shape index (κ2) is 5.95. The van der Waals surface area contributed by atoms with E-state index in [9.17, 15) is 0 Å². The Morgan fingerprint density at radius 1 is 1.36 bits per heavy atom. The third kappa shape index (κ3) is 3.61. The molecule has 0 bridgehead atoms. The number of rotatable bonds is 5. The summed E-state index contributed by atoms with van der Waals surface area (Å²) in [5.41, 5.74) is 0. The minimum atomic E-state index is -0.353. The Balaban J connectivity index is 2.44. The summed E-state index contributed by atoms with van der Waals surface area (Å²) >= 11 is 3.30. The average molecular weight is 262 g/mol. The predicted molar refractivity (Wildman–Crippen MR) is 55.2 cm³/mol. The number of nitrogens with zero attached hydrogens (tertiary/aromatic N) is 1. The molecular formula is C9H12BrNO3. The SMILES string of the molecule is COC(COc1cncc(Br)c1)OC. The van der Waals surface area contributed by atoms with Gasteiger partial charge in [0.25, 0.3) is 0 Å². The average Bonchev–Trinajstić information content (AvgIpc) is 2.19. The number of hydrogen-bond acceptors (Lipinski definition) is 4. The first-order valence-corrected chi connectivity index (χ1v) is 4.84. The van der Waals surface area contributed by atoms with Crippen LogP contribution in [0.2, 0.25) is 0 Å². The lowest BCUT2D eigenvalue weighted by molar-refractivity contribution is -0.122. The first-order chi connectivity index (χ1) is 6.76. The molecule has 1 heterocycles. The molecule has 4 nitrogen and oxygen atoms in total. The van der Waals surface area contributed by atoms with Gasteiger partial charge in [0, 0.05) is 24.9 Å². The van der Waals surface area contributed by atoms with E-state index in [1.807, 2.05) is 6.07 Å². The lowest BCUT2D eigenvalue weighted by Crippen LogP contribution is -2.22. The molecule has 0 atom stereocenters. The van der Waals surface area contributed by atoms with Crippen LogP contribution in [0.25, 0.3) is 0 Å². The van der Waals surface area contributed by atoms with Gasteiger partial charge in [-0.05, 0) is 22.0 Å². The van der Waals surface area contributed by atoms with Crippen LogP contribution in [0.15, 0.2) is 22.9 Å². The van der Waals surface area contributed by atoms with Gasteiger partial charge in [-0.25, -0.2) is 0 Å². The number of methoxy groups -OCH3 is 2. The highest BCUT2D eigenvalue weighted by molar-refractivity contribution is 9.10. The molecule has 0 saturated heterocycles. The normalized spacial score (nSPS) is 10.6. The number of ether oxygens (including phenoxy) is 3. The van der Waals surface area contributed by atoms with Crippen LogP contribution >= 0.6 is 15.9 Å². The lowest BCUT2D eigenvalue weighted by Gasteiger charge is -2.13. The Morgan fingerprint density at radius 2 is 2.07 bits per heavy atom. The Labute approximate surface area is 91.3 Å². The van der Waals surface area contributed by atoms with E-state index in [2.05, 4.69) is 20.9 Å². The topological polar surface area (TPSA) is 40.6 Å². The van der Waals surface area contributed by atoms with Crippen molar-refractivity contribution >= 4 is 15.9 Å². The van der Waals surface area contributed by atoms with Crippen LogP contribution in [-0.2, 0) is 9.47 Å². The van der Waals surface area contributed by atoms with Crippen molar-refractivity contribution in [3.8, 4) is 5.75 Å². The second-order valence-corrected chi connectivity index (χ2v) is 3.47. The van der Waals surface area contributed by atoms with Gasteiger partial charge in [0.05, 0.1) is 6.20 Å². The van der Waals surface area contributed by atoms with Gasteiger partial charge in [0.1, 0.15) is 12.4 Å². The van der Waals surface area contributed by atoms with Gasteiger partial charge in [0.15, 0.2) is 6.29 Å². The third-order valence-electron chi connectivity index (χ3n) is 1.59. The highest BCUT2D eigenvalue weighted by Gasteiger charge is 2.05. The maximum absolute atomic E-state index is 5.39. The third-order valence-corrected chi connectivity index (χ3v) is 2.03. The Morgan fingerprint density at radius 3 is 2.64 bits per heavy atom. The highest BCUT2D eigenvalue weighted by atomic mass is 79.9. The molecule has 14 heavy (non-hydrogen) atoms. The summed E-state index contributed by atoms with van der Waals surface area (Å²) in [4.78, 5) is 3.96. The van der Waals surface area contributed by atoms with E-state index in [1.165, 1.54) is 0 Å². The standard InChI is InChI=1S/C9H12BrNO3/c1-12-9(13-2)6-14-8-3-7(10)4-11-5-8/h3-5,9H,6H2,1-2H3. The van der Waals surface area contributed by atoms with Crippen LogP contribution in [0.3, 0.4) is 0 Å². The van der Waals surface area contributed by atoms with Crippen molar-refractivity contribution in [2.75, 3.05) is 20.8 Å². The van der Waals surface area contributed by atoms with Gasteiger partial charge in [-0.2, -0.15) is 0 Å². The fourth-order valence-electron chi connectivity index (χ4n) is 0.868. The number of halogens is 1. The molecule has 1 aromatic heterocycles. The summed E-state index contributed by atoms with van der Waals surface area (Å²) in [6, 6.07) is 1.83. The van der Waals surface area contributed by atoms with Gasteiger partial charge in [-0.15, -0.1) is 0 Å². The van der Waals surface area contributed by atoms with Gasteiger partial charge in [-0.3, -0.25) is 4.98 Å². The van der Waals surface area contributed by atoms with Crippen molar-refractivity contribution < 1.29 is 14.2 Å². The summed E-state index contributed by atoms with van der Waals surface area (Å²) in [7, 11) is 3.13. The minimum absolute atomic E-state index is 0.338. The maximum Gasteiger partial charge on any atom is 0.191 e. The van der Waals surface area contributed by atoms with Gasteiger partial charge < -0.3 is 14.2 Å². The highest BCUT2D eigenvalue weighted by Crippen LogP contribution is 2.15. The quantitative estimate of drug-likeness (QED) is 0.759. The van der Waals surface area contributed by atoms with E-state index in [-0.39, 0.29) is 6.29 Å². The van der Waals surface area contributed by atoms with Crippen molar-refractivity contribution in [3.05, 3.63) is 22.9 Å². The molecule has 0 aliphatic carbocycles. The molecule has 78 valence electrons. The molecule has 0 spiro atoms. The first-order valence-electron chi connectivity index (χ1n) is 4.05. The molecule has 1 rings (SSSR count). The van der Waals surface area contributed by atoms with Crippen LogP contribution in [-0.4, -0.2) is 32.1 Å². The predicted octanol–water partition coefficient (Wildman–Crippen LogP) is 1.84. The zero-order chi connectivity index (χ0) is 10.4. The molecule has 0 aliphatic heterocycles. The van der Waals surface area contributed by atoms with Crippen molar-refractivity contribution in [2.45, 2.75) is 6.29 Å². The zero-order valence-corrected chi connectivity index (χ0v) is 9.65. The minimum Gasteiger partial charge on any atom is -0.487 e. The summed E-state index contributed by atoms with van der Waals surface area (Å²) in [5.74, 6) is 0.679. The molecule has 0 fully saturated rings. The van der Waals surface area contributed by atoms with Crippen molar-refractivity contribution in [2.24, 2.45) is 0 Å². The van der Waals surface area contributed by atoms with Crippen LogP contribution in [0, 0.1) is 0 Å². The first kappa shape index (κ1) is 11.4. The largest absolute Gasteiger partial charge is 0.487 e. The van der Waals surface area contributed by atoms with E-state index < -0.39 is 0 Å². The van der Waals surface area contributed by atoms with E-state index >= 15 is 0 Å². The Hall–Kier alpha value is -0.650. The van der Waals surface area contributed by atoms with Gasteiger partial charge in [-0.1, -0.05) is 0 Å². The number of pyridine rings is 1. The van der Waals surface area contributed by atoms with Crippen molar-refractivity contribution in [3.63, 3.8) is 0 Å². The number of hydrogen-bond donors (Lipinski definition) is 0. The second-order valence-electron chi connectivity index (χ2n) is 2.55. The molecule has 0 radical (unpaired) electrons. The zero-order valence-electron chi connectivity index (χ0n) is 8.07. The maximum atomic E-state index is 5.39. The van der Waals surface area contributed by atoms with E-state index in [0.717, 1.165) is 4.47 Å². The smallest absolute Gasteiger partial charge is 0.191 e. The summed E-state index contributed by atoms with van der Waals surface area (Å²) in [6.07, 6.45) is 2.97. The van der Waals surface area contributed by atoms with Gasteiger partial charge in [0.2, 0.25) is 0 Å². The summed E-state index contributed by atoms with van der Waals surface area (Å²) < 4.78 is 16.2. The molecule has 0 aliphatic rings. The molecular weight excluding hydrogens is 250 g/mol. The molecule has 5 heteroatoms. The summed E-state index contributed by atoms with van der Waals surface area (Å²) in [5, 5.41) is 0. The Bertz CT molecular complexity index is 279. The van der Waals surface area contributed by atoms with E-state index in [1.54, 1.807) is 26.6 Å². The monoisotopic (exact) mass is 261 g/mol.